The van der Waals surface area contributed by atoms with Gasteiger partial charge < -0.3 is 29.7 Å². The molecule has 4 unspecified atom stereocenters. The number of nitrogens with zero attached hydrogens (tertiary/aromatic N) is 4. The van der Waals surface area contributed by atoms with Gasteiger partial charge in [0, 0.05) is 31.2 Å². The minimum absolute atomic E-state index is 0.0399. The molecule has 12 nitrogen and oxygen atoms in total. The number of hydrogen-bond donors (Lipinski definition) is 3. The Morgan fingerprint density at radius 3 is 2.42 bits per heavy atom. The normalized spacial score (nSPS) is 17.9. The Bertz CT molecular complexity index is 1900. The Kier molecular flexibility index (Phi) is 11.2. The SMILES string of the molecule is CC(=O)OC(C)C(=O)NCc1ccccc1-c1ccc(C2OC(CSc3nnnn3-c3ccc(O)cc3)CC(c3ccc(CO)cc3)O2)cc1. The summed E-state index contributed by atoms with van der Waals surface area (Å²) in [6.45, 7) is 3.04. The minimum Gasteiger partial charge on any atom is -0.508 e. The standard InChI is InChI=1S/C37H37N5O7S/c1-23(47-24(2)44)35(46)38-20-29-5-3-4-6-33(29)26-11-13-28(14-12-26)36-48-32(19-34(49-36)27-9-7-25(21-43)8-10-27)22-50-37-39-40-41-42(37)30-15-17-31(45)18-16-30/h3-18,23,32,34,36,43,45H,19-22H2,1-2H3,(H,38,46). The van der Waals surface area contributed by atoms with Gasteiger partial charge in [-0.2, -0.15) is 4.68 Å². The number of ether oxygens (including phenoxy) is 3. The number of aliphatic hydroxyl groups is 1. The molecular formula is C37H37N5O7S. The van der Waals surface area contributed by atoms with Crippen molar-refractivity contribution < 1.29 is 34.0 Å². The second-order valence-corrected chi connectivity index (χ2v) is 12.8. The third kappa shape index (κ3) is 8.55. The zero-order valence-electron chi connectivity index (χ0n) is 27.5. The van der Waals surface area contributed by atoms with Crippen molar-refractivity contribution in [3.8, 4) is 22.6 Å². The summed E-state index contributed by atoms with van der Waals surface area (Å²) in [7, 11) is 0. The molecule has 0 saturated carbocycles. The van der Waals surface area contributed by atoms with Gasteiger partial charge in [-0.15, -0.1) is 5.10 Å². The number of aromatic hydroxyl groups is 1. The molecule has 0 aliphatic carbocycles. The van der Waals surface area contributed by atoms with Gasteiger partial charge in [0.25, 0.3) is 5.91 Å². The summed E-state index contributed by atoms with van der Waals surface area (Å²) in [5, 5.41) is 34.9. The van der Waals surface area contributed by atoms with Crippen LogP contribution in [0, 0.1) is 0 Å². The molecule has 50 heavy (non-hydrogen) atoms. The number of phenols is 1. The first-order valence-electron chi connectivity index (χ1n) is 16.1. The Labute approximate surface area is 293 Å². The van der Waals surface area contributed by atoms with Crippen molar-refractivity contribution in [1.29, 1.82) is 0 Å². The monoisotopic (exact) mass is 695 g/mol. The number of phenolic OH excluding ortho intramolecular Hbond substituents is 1. The molecular weight excluding hydrogens is 659 g/mol. The summed E-state index contributed by atoms with van der Waals surface area (Å²) in [6.07, 6.45) is -1.43. The van der Waals surface area contributed by atoms with Crippen LogP contribution in [0.15, 0.2) is 102 Å². The summed E-state index contributed by atoms with van der Waals surface area (Å²) >= 11 is 1.47. The second kappa shape index (κ2) is 16.1. The lowest BCUT2D eigenvalue weighted by atomic mass is 9.97. The number of carbonyl (C=O) groups is 2. The zero-order chi connectivity index (χ0) is 35.0. The van der Waals surface area contributed by atoms with E-state index in [0.29, 0.717) is 17.3 Å². The van der Waals surface area contributed by atoms with Crippen LogP contribution < -0.4 is 5.32 Å². The van der Waals surface area contributed by atoms with E-state index in [4.69, 9.17) is 14.2 Å². The smallest absolute Gasteiger partial charge is 0.303 e. The van der Waals surface area contributed by atoms with Gasteiger partial charge in [-0.05, 0) is 69.4 Å². The van der Waals surface area contributed by atoms with E-state index in [-0.39, 0.29) is 37.0 Å². The quantitative estimate of drug-likeness (QED) is 0.113. The molecule has 6 rings (SSSR count). The fraction of sp³-hybridized carbons (Fsp3) is 0.270. The molecule has 3 N–H and O–H groups in total. The van der Waals surface area contributed by atoms with E-state index in [2.05, 4.69) is 20.8 Å². The summed E-state index contributed by atoms with van der Waals surface area (Å²) in [5.74, 6) is -0.176. The maximum atomic E-state index is 12.5. The summed E-state index contributed by atoms with van der Waals surface area (Å²) in [6, 6.07) is 30.1. The highest BCUT2D eigenvalue weighted by molar-refractivity contribution is 7.99. The Hall–Kier alpha value is -5.08. The third-order valence-electron chi connectivity index (χ3n) is 8.22. The number of amides is 1. The van der Waals surface area contributed by atoms with Crippen molar-refractivity contribution in [2.24, 2.45) is 0 Å². The van der Waals surface area contributed by atoms with E-state index in [0.717, 1.165) is 39.1 Å². The van der Waals surface area contributed by atoms with Crippen LogP contribution >= 0.6 is 11.8 Å². The fourth-order valence-electron chi connectivity index (χ4n) is 5.62. The maximum Gasteiger partial charge on any atom is 0.303 e. The number of carbonyl (C=O) groups excluding carboxylic acids is 2. The number of esters is 1. The van der Waals surface area contributed by atoms with Gasteiger partial charge in [0.05, 0.1) is 24.5 Å². The van der Waals surface area contributed by atoms with Crippen molar-refractivity contribution in [3.63, 3.8) is 0 Å². The predicted octanol–water partition coefficient (Wildman–Crippen LogP) is 5.43. The first-order chi connectivity index (χ1) is 24.3. The van der Waals surface area contributed by atoms with E-state index in [9.17, 15) is 19.8 Å². The highest BCUT2D eigenvalue weighted by Crippen LogP contribution is 2.40. The maximum absolute atomic E-state index is 12.5. The average Bonchev–Trinajstić information content (AvgIpc) is 3.62. The van der Waals surface area contributed by atoms with Crippen LogP contribution in [0.4, 0.5) is 0 Å². The van der Waals surface area contributed by atoms with Crippen molar-refractivity contribution in [2.45, 2.75) is 63.2 Å². The van der Waals surface area contributed by atoms with E-state index in [1.165, 1.54) is 25.6 Å². The topological polar surface area (TPSA) is 158 Å². The van der Waals surface area contributed by atoms with Gasteiger partial charge >= 0.3 is 5.97 Å². The first kappa shape index (κ1) is 34.8. The molecule has 13 heteroatoms. The number of nitrogens with one attached hydrogen (secondary N) is 1. The molecule has 1 aliphatic heterocycles. The van der Waals surface area contributed by atoms with Crippen molar-refractivity contribution in [3.05, 3.63) is 119 Å². The Balaban J connectivity index is 1.19. The van der Waals surface area contributed by atoms with Gasteiger partial charge in [-0.1, -0.05) is 84.6 Å². The second-order valence-electron chi connectivity index (χ2n) is 11.8. The van der Waals surface area contributed by atoms with Crippen molar-refractivity contribution >= 4 is 23.6 Å². The first-order valence-corrected chi connectivity index (χ1v) is 17.1. The summed E-state index contributed by atoms with van der Waals surface area (Å²) < 4.78 is 19.7. The fourth-order valence-corrected chi connectivity index (χ4v) is 6.53. The molecule has 4 aromatic carbocycles. The van der Waals surface area contributed by atoms with Crippen LogP contribution in [0.5, 0.6) is 5.75 Å². The minimum atomic E-state index is -0.887. The van der Waals surface area contributed by atoms with Gasteiger partial charge in [-0.3, -0.25) is 9.59 Å². The van der Waals surface area contributed by atoms with Gasteiger partial charge in [0.15, 0.2) is 12.4 Å². The Morgan fingerprint density at radius 1 is 0.980 bits per heavy atom. The highest BCUT2D eigenvalue weighted by atomic mass is 32.2. The largest absolute Gasteiger partial charge is 0.508 e. The number of aliphatic hydroxyl groups excluding tert-OH is 1. The van der Waals surface area contributed by atoms with Gasteiger partial charge in [-0.25, -0.2) is 0 Å². The number of tetrazole rings is 1. The number of aromatic nitrogens is 4. The Morgan fingerprint density at radius 2 is 1.70 bits per heavy atom. The molecule has 0 radical (unpaired) electrons. The average molecular weight is 696 g/mol. The number of rotatable bonds is 12. The van der Waals surface area contributed by atoms with Crippen LogP contribution in [0.2, 0.25) is 0 Å². The third-order valence-corrected chi connectivity index (χ3v) is 9.28. The predicted molar refractivity (Wildman–Crippen MR) is 185 cm³/mol. The molecule has 1 aromatic heterocycles. The molecule has 2 heterocycles. The van der Waals surface area contributed by atoms with Crippen molar-refractivity contribution in [1.82, 2.24) is 25.5 Å². The lowest BCUT2D eigenvalue weighted by Crippen LogP contribution is -2.35. The van der Waals surface area contributed by atoms with E-state index in [1.807, 2.05) is 72.8 Å². The molecule has 1 fully saturated rings. The van der Waals surface area contributed by atoms with Crippen LogP contribution in [0.3, 0.4) is 0 Å². The molecule has 4 atom stereocenters. The molecule has 258 valence electrons. The lowest BCUT2D eigenvalue weighted by molar-refractivity contribution is -0.245. The number of thioether (sulfide) groups is 1. The van der Waals surface area contributed by atoms with Crippen molar-refractivity contribution in [2.75, 3.05) is 5.75 Å². The number of hydrogen-bond acceptors (Lipinski definition) is 11. The van der Waals surface area contributed by atoms with Crippen LogP contribution in [-0.4, -0.2) is 60.3 Å². The van der Waals surface area contributed by atoms with Crippen LogP contribution in [0.1, 0.15) is 54.9 Å². The molecule has 1 amide bonds. The van der Waals surface area contributed by atoms with E-state index >= 15 is 0 Å². The van der Waals surface area contributed by atoms with E-state index in [1.54, 1.807) is 28.9 Å². The molecule has 0 bridgehead atoms. The molecule has 1 aliphatic rings. The van der Waals surface area contributed by atoms with Gasteiger partial charge in [0.2, 0.25) is 5.16 Å². The van der Waals surface area contributed by atoms with Crippen LogP contribution in [0.25, 0.3) is 16.8 Å². The molecule has 5 aromatic rings. The lowest BCUT2D eigenvalue weighted by Gasteiger charge is -2.36. The highest BCUT2D eigenvalue weighted by Gasteiger charge is 2.33. The molecule has 1 saturated heterocycles. The molecule has 0 spiro atoms. The number of benzene rings is 4. The summed E-state index contributed by atoms with van der Waals surface area (Å²) in [4.78, 5) is 23.7. The summed E-state index contributed by atoms with van der Waals surface area (Å²) in [5.41, 5.74) is 6.18. The zero-order valence-corrected chi connectivity index (χ0v) is 28.3. The van der Waals surface area contributed by atoms with Gasteiger partial charge in [0.1, 0.15) is 5.75 Å². The van der Waals surface area contributed by atoms with Crippen LogP contribution in [-0.2, 0) is 37.0 Å². The van der Waals surface area contributed by atoms with E-state index < -0.39 is 18.4 Å².